The van der Waals surface area contributed by atoms with Gasteiger partial charge in [0.05, 0.1) is 13.2 Å². The molecule has 0 bridgehead atoms. The maximum atomic E-state index is 9.37. The molecule has 0 aromatic carbocycles. The summed E-state index contributed by atoms with van der Waals surface area (Å²) < 4.78 is 0. The van der Waals surface area contributed by atoms with Crippen molar-refractivity contribution in [3.63, 3.8) is 0 Å². The van der Waals surface area contributed by atoms with Crippen LogP contribution in [0.5, 0.6) is 0 Å². The second kappa shape index (κ2) is 8.39. The van der Waals surface area contributed by atoms with Crippen LogP contribution in [0, 0.1) is 5.41 Å². The van der Waals surface area contributed by atoms with Crippen molar-refractivity contribution in [3.8, 4) is 0 Å². The Balaban J connectivity index is 4.10. The van der Waals surface area contributed by atoms with Crippen molar-refractivity contribution in [2.24, 2.45) is 16.1 Å². The molecule has 0 aromatic heterocycles. The zero-order valence-corrected chi connectivity index (χ0v) is 10.9. The molecule has 0 unspecified atom stereocenters. The first-order valence-corrected chi connectivity index (χ1v) is 6.28. The molecule has 4 heteroatoms. The van der Waals surface area contributed by atoms with Gasteiger partial charge in [0.25, 0.3) is 0 Å². The summed E-state index contributed by atoms with van der Waals surface area (Å²) >= 11 is 0. The Morgan fingerprint density at radius 3 is 2.38 bits per heavy atom. The normalized spacial score (nSPS) is 12.9. The number of hydrogen-bond donors (Lipinski definition) is 3. The number of nitrogens with one attached hydrogen (secondary N) is 1. The van der Waals surface area contributed by atoms with Crippen molar-refractivity contribution >= 4 is 5.96 Å². The van der Waals surface area contributed by atoms with Crippen molar-refractivity contribution in [2.45, 2.75) is 46.5 Å². The smallest absolute Gasteiger partial charge is 0.188 e. The Kier molecular flexibility index (Phi) is 7.99. The van der Waals surface area contributed by atoms with Crippen LogP contribution in [0.4, 0.5) is 0 Å². The molecular formula is C12H27N3O. The Morgan fingerprint density at radius 1 is 1.31 bits per heavy atom. The number of nitrogens with zero attached hydrogens (tertiary/aromatic N) is 1. The lowest BCUT2D eigenvalue weighted by Gasteiger charge is -2.27. The third-order valence-corrected chi connectivity index (χ3v) is 3.26. The minimum atomic E-state index is -0.100. The van der Waals surface area contributed by atoms with Crippen LogP contribution < -0.4 is 11.1 Å². The van der Waals surface area contributed by atoms with Crippen molar-refractivity contribution < 1.29 is 5.11 Å². The van der Waals surface area contributed by atoms with E-state index in [4.69, 9.17) is 5.73 Å². The van der Waals surface area contributed by atoms with Gasteiger partial charge in [-0.2, -0.15) is 0 Å². The molecular weight excluding hydrogens is 202 g/mol. The summed E-state index contributed by atoms with van der Waals surface area (Å²) in [6.45, 7) is 7.94. The van der Waals surface area contributed by atoms with Gasteiger partial charge >= 0.3 is 0 Å². The molecule has 0 spiro atoms. The summed E-state index contributed by atoms with van der Waals surface area (Å²) in [5.41, 5.74) is 5.64. The summed E-state index contributed by atoms with van der Waals surface area (Å²) in [4.78, 5) is 4.30. The number of hydrogen-bond acceptors (Lipinski definition) is 2. The summed E-state index contributed by atoms with van der Waals surface area (Å²) in [5, 5.41) is 12.4. The van der Waals surface area contributed by atoms with E-state index in [0.29, 0.717) is 12.5 Å². The highest BCUT2D eigenvalue weighted by molar-refractivity contribution is 5.77. The lowest BCUT2D eigenvalue weighted by molar-refractivity contribution is 0.123. The van der Waals surface area contributed by atoms with Crippen LogP contribution in [0.25, 0.3) is 0 Å². The minimum absolute atomic E-state index is 0.100. The predicted octanol–water partition coefficient (Wildman–Crippen LogP) is 1.49. The number of aliphatic imine (C=N–C) groups is 1. The van der Waals surface area contributed by atoms with Gasteiger partial charge in [-0.05, 0) is 19.3 Å². The SMILES string of the molecule is CCCCNC(N)=NCC(CC)(CC)CO. The van der Waals surface area contributed by atoms with E-state index in [2.05, 4.69) is 31.1 Å². The van der Waals surface area contributed by atoms with E-state index >= 15 is 0 Å². The van der Waals surface area contributed by atoms with Gasteiger partial charge in [-0.3, -0.25) is 4.99 Å². The van der Waals surface area contributed by atoms with Crippen LogP contribution in [0.15, 0.2) is 4.99 Å². The summed E-state index contributed by atoms with van der Waals surface area (Å²) in [5.74, 6) is 0.494. The molecule has 0 amide bonds. The number of aliphatic hydroxyl groups is 1. The zero-order chi connectivity index (χ0) is 12.4. The number of nitrogens with two attached hydrogens (primary N) is 1. The van der Waals surface area contributed by atoms with Crippen LogP contribution >= 0.6 is 0 Å². The topological polar surface area (TPSA) is 70.6 Å². The van der Waals surface area contributed by atoms with E-state index in [1.54, 1.807) is 0 Å². The van der Waals surface area contributed by atoms with Crippen LogP contribution in [-0.4, -0.2) is 30.8 Å². The van der Waals surface area contributed by atoms with Gasteiger partial charge in [-0.25, -0.2) is 0 Å². The standard InChI is InChI=1S/C12H27N3O/c1-4-7-8-14-11(13)15-9-12(5-2,6-3)10-16/h16H,4-10H2,1-3H3,(H3,13,14,15). The third kappa shape index (κ3) is 5.35. The average molecular weight is 229 g/mol. The maximum Gasteiger partial charge on any atom is 0.188 e. The first kappa shape index (κ1) is 15.2. The zero-order valence-electron chi connectivity index (χ0n) is 10.9. The number of guanidine groups is 1. The molecule has 0 fully saturated rings. The molecule has 16 heavy (non-hydrogen) atoms. The fraction of sp³-hybridized carbons (Fsp3) is 0.917. The van der Waals surface area contributed by atoms with Crippen LogP contribution in [-0.2, 0) is 0 Å². The Morgan fingerprint density at radius 2 is 1.94 bits per heavy atom. The van der Waals surface area contributed by atoms with Crippen molar-refractivity contribution in [3.05, 3.63) is 0 Å². The van der Waals surface area contributed by atoms with Gasteiger partial charge in [0.1, 0.15) is 0 Å². The number of aliphatic hydroxyl groups excluding tert-OH is 1. The van der Waals surface area contributed by atoms with E-state index in [1.165, 1.54) is 0 Å². The molecule has 0 aliphatic carbocycles. The van der Waals surface area contributed by atoms with Gasteiger partial charge in [0.15, 0.2) is 5.96 Å². The van der Waals surface area contributed by atoms with Crippen LogP contribution in [0.1, 0.15) is 46.5 Å². The maximum absolute atomic E-state index is 9.37. The van der Waals surface area contributed by atoms with Gasteiger partial charge in [-0.15, -0.1) is 0 Å². The lowest BCUT2D eigenvalue weighted by atomic mass is 9.83. The van der Waals surface area contributed by atoms with Crippen molar-refractivity contribution in [2.75, 3.05) is 19.7 Å². The largest absolute Gasteiger partial charge is 0.396 e. The summed E-state index contributed by atoms with van der Waals surface area (Å²) in [6.07, 6.45) is 4.09. The fourth-order valence-electron chi connectivity index (χ4n) is 1.45. The number of rotatable bonds is 8. The van der Waals surface area contributed by atoms with E-state index in [-0.39, 0.29) is 12.0 Å². The second-order valence-corrected chi connectivity index (χ2v) is 4.35. The van der Waals surface area contributed by atoms with E-state index in [9.17, 15) is 5.11 Å². The van der Waals surface area contributed by atoms with Gasteiger partial charge in [0.2, 0.25) is 0 Å². The van der Waals surface area contributed by atoms with Crippen molar-refractivity contribution in [1.29, 1.82) is 0 Å². The number of unbranched alkanes of at least 4 members (excludes halogenated alkanes) is 1. The predicted molar refractivity (Wildman–Crippen MR) is 69.5 cm³/mol. The molecule has 0 aliphatic heterocycles. The molecule has 96 valence electrons. The highest BCUT2D eigenvalue weighted by Crippen LogP contribution is 2.25. The second-order valence-electron chi connectivity index (χ2n) is 4.35. The molecule has 4 nitrogen and oxygen atoms in total. The average Bonchev–Trinajstić information content (AvgIpc) is 2.32. The van der Waals surface area contributed by atoms with Crippen molar-refractivity contribution in [1.82, 2.24) is 5.32 Å². The molecule has 0 rings (SSSR count). The Hall–Kier alpha value is -0.770. The fourth-order valence-corrected chi connectivity index (χ4v) is 1.45. The van der Waals surface area contributed by atoms with Gasteiger partial charge < -0.3 is 16.2 Å². The molecule has 0 atom stereocenters. The lowest BCUT2D eigenvalue weighted by Crippen LogP contribution is -2.35. The monoisotopic (exact) mass is 229 g/mol. The van der Waals surface area contributed by atoms with Gasteiger partial charge in [0, 0.05) is 12.0 Å². The molecule has 0 saturated heterocycles. The Labute approximate surface area is 99.3 Å². The minimum Gasteiger partial charge on any atom is -0.396 e. The van der Waals surface area contributed by atoms with E-state index < -0.39 is 0 Å². The van der Waals surface area contributed by atoms with Gasteiger partial charge in [-0.1, -0.05) is 27.2 Å². The highest BCUT2D eigenvalue weighted by atomic mass is 16.3. The molecule has 0 aromatic rings. The molecule has 0 aliphatic rings. The molecule has 4 N–H and O–H groups in total. The Bertz CT molecular complexity index is 192. The first-order valence-electron chi connectivity index (χ1n) is 6.28. The van der Waals surface area contributed by atoms with Crippen LogP contribution in [0.2, 0.25) is 0 Å². The summed E-state index contributed by atoms with van der Waals surface area (Å²) in [7, 11) is 0. The summed E-state index contributed by atoms with van der Waals surface area (Å²) in [6, 6.07) is 0. The molecule has 0 radical (unpaired) electrons. The third-order valence-electron chi connectivity index (χ3n) is 3.26. The first-order chi connectivity index (χ1) is 7.64. The van der Waals surface area contributed by atoms with Crippen LogP contribution in [0.3, 0.4) is 0 Å². The highest BCUT2D eigenvalue weighted by Gasteiger charge is 2.24. The molecule has 0 saturated carbocycles. The van der Waals surface area contributed by atoms with E-state index in [0.717, 1.165) is 32.2 Å². The van der Waals surface area contributed by atoms with E-state index in [1.807, 2.05) is 0 Å². The molecule has 0 heterocycles. The quantitative estimate of drug-likeness (QED) is 0.335.